The van der Waals surface area contributed by atoms with Crippen LogP contribution in [0.2, 0.25) is 0 Å². The first kappa shape index (κ1) is 51.5. The van der Waals surface area contributed by atoms with Gasteiger partial charge in [0.2, 0.25) is 5.88 Å². The fourth-order valence-corrected chi connectivity index (χ4v) is 4.29. The van der Waals surface area contributed by atoms with Crippen LogP contribution in [0.3, 0.4) is 0 Å². The van der Waals surface area contributed by atoms with Gasteiger partial charge in [0, 0.05) is 40.6 Å². The average molecular weight is 846 g/mol. The molecule has 0 aliphatic heterocycles. The molecule has 10 heteroatoms. The van der Waals surface area contributed by atoms with E-state index in [9.17, 15) is 19.8 Å². The van der Waals surface area contributed by atoms with Crippen molar-refractivity contribution >= 4 is 40.0 Å². The number of aromatic nitrogens is 1. The molecule has 0 atom stereocenters. The van der Waals surface area contributed by atoms with Gasteiger partial charge in [0.05, 0.1) is 25.8 Å². The minimum atomic E-state index is -0.485. The van der Waals surface area contributed by atoms with E-state index in [0.717, 1.165) is 11.1 Å². The molecule has 0 radical (unpaired) electrons. The van der Waals surface area contributed by atoms with Crippen molar-refractivity contribution in [2.75, 3.05) is 21.3 Å². The molecule has 0 amide bonds. The fraction of sp³-hybridized carbons (Fsp3) is 0.395. The van der Waals surface area contributed by atoms with Crippen LogP contribution in [-0.2, 0) is 29.9 Å². The van der Waals surface area contributed by atoms with Gasteiger partial charge in [-0.25, -0.2) is 14.6 Å². The van der Waals surface area contributed by atoms with E-state index in [-0.39, 0.29) is 76.0 Å². The number of carbonyl (C=O) groups excluding carboxylic acids is 2. The Balaban J connectivity index is -0.000000381. The Morgan fingerprint density at radius 1 is 0.729 bits per heavy atom. The first-order chi connectivity index (χ1) is 20.0. The maximum Gasteiger partial charge on any atom is 0.330 e. The molecule has 0 spiro atoms. The topological polar surface area (TPSA) is 115 Å². The predicted octanol–water partition coefficient (Wildman–Crippen LogP) is 7.13. The highest BCUT2D eigenvalue weighted by atomic mass is 127. The molecule has 0 unspecified atom stereocenters. The van der Waals surface area contributed by atoms with Crippen LogP contribution in [0, 0.1) is 0 Å². The van der Waals surface area contributed by atoms with Gasteiger partial charge in [-0.05, 0) is 86.4 Å². The van der Waals surface area contributed by atoms with Gasteiger partial charge >= 0.3 is 11.9 Å². The average Bonchev–Trinajstić information content (AvgIpc) is 2.96. The zero-order chi connectivity index (χ0) is 32.5. The van der Waals surface area contributed by atoms with Crippen molar-refractivity contribution in [2.24, 2.45) is 0 Å². The zero-order valence-corrected chi connectivity index (χ0v) is 30.2. The third-order valence-corrected chi connectivity index (χ3v) is 7.02. The van der Waals surface area contributed by atoms with Gasteiger partial charge < -0.3 is 48.4 Å². The van der Waals surface area contributed by atoms with E-state index < -0.39 is 11.9 Å². The summed E-state index contributed by atoms with van der Waals surface area (Å²) in [6, 6.07) is 11.1. The highest BCUT2D eigenvalue weighted by Gasteiger charge is 2.21. The maximum atomic E-state index is 11.4. The summed E-state index contributed by atoms with van der Waals surface area (Å²) in [5.41, 5.74) is 4.28. The molecule has 2 aromatic carbocycles. The van der Waals surface area contributed by atoms with Crippen molar-refractivity contribution in [3.05, 3.63) is 81.5 Å². The molecule has 1 heterocycles. The molecule has 0 saturated heterocycles. The molecule has 0 aliphatic carbocycles. The molecule has 3 aromatic rings. The lowest BCUT2D eigenvalue weighted by Crippen LogP contribution is -3.00. The first-order valence-corrected chi connectivity index (χ1v) is 14.2. The van der Waals surface area contributed by atoms with Gasteiger partial charge in [-0.2, -0.15) is 0 Å². The molecular weight excluding hydrogens is 789 g/mol. The van der Waals surface area contributed by atoms with Crippen LogP contribution in [0.25, 0.3) is 23.3 Å². The summed E-state index contributed by atoms with van der Waals surface area (Å²) < 4.78 is 15.1. The van der Waals surface area contributed by atoms with Crippen molar-refractivity contribution in [3.63, 3.8) is 0 Å². The number of nitrogens with zero attached hydrogens (tertiary/aromatic N) is 1. The second-order valence-electron chi connectivity index (χ2n) is 11.6. The smallest absolute Gasteiger partial charge is 0.330 e. The van der Waals surface area contributed by atoms with Crippen LogP contribution in [0.5, 0.6) is 17.4 Å². The van der Waals surface area contributed by atoms with Gasteiger partial charge in [0.25, 0.3) is 0 Å². The monoisotopic (exact) mass is 844 g/mol. The Bertz CT molecular complexity index is 1520. The van der Waals surface area contributed by atoms with Gasteiger partial charge in [-0.15, -0.1) is 0 Å². The van der Waals surface area contributed by atoms with E-state index in [1.807, 2.05) is 30.3 Å². The van der Waals surface area contributed by atoms with Crippen LogP contribution < -0.4 is 28.7 Å². The minimum Gasteiger partial charge on any atom is -1.00 e. The van der Waals surface area contributed by atoms with E-state index in [1.54, 1.807) is 24.4 Å². The summed E-state index contributed by atoms with van der Waals surface area (Å²) in [6.07, 6.45) is 7.29. The normalized spacial score (nSPS) is 10.5. The molecule has 0 fully saturated rings. The van der Waals surface area contributed by atoms with Crippen molar-refractivity contribution in [3.8, 4) is 28.5 Å². The lowest BCUT2D eigenvalue weighted by molar-refractivity contribution is -0.135. The Hall–Kier alpha value is -3.38. The molecule has 48 heavy (non-hydrogen) atoms. The summed E-state index contributed by atoms with van der Waals surface area (Å²) in [5, 5.41) is 20.7. The van der Waals surface area contributed by atoms with Gasteiger partial charge in [-0.3, -0.25) is 0 Å². The first-order valence-electron chi connectivity index (χ1n) is 13.4. The fourth-order valence-electron chi connectivity index (χ4n) is 3.81. The second kappa shape index (κ2) is 22.3. The van der Waals surface area contributed by atoms with E-state index in [4.69, 9.17) is 4.74 Å². The summed E-state index contributed by atoms with van der Waals surface area (Å²) in [7, 11) is 4.16. The number of phenolic OH excluding ortho intramolecular Hbond substituents is 2. The minimum absolute atomic E-state index is 0. The number of esters is 2. The SMILES string of the molecule is C.C.C.C.COC(=O)/C=C/c1cc(C(C)(C)C)cc(-c2cccnc2OC)c1O.COC(=O)/C=C/c1cc(C(C)(C)C)cc(Br)c1O.[I-]. The molecule has 0 saturated carbocycles. The standard InChI is InChI=1S/C20H23NO4.C14H17BrO3.4CH4.HI/c1-20(2,3)14-11-13(8-9-17(22)24-4)18(23)16(12-14)15-7-6-10-21-19(15)25-5;1-14(2,3)10-7-9(5-6-12(16)18-4)13(17)11(15)8-10;;;;;/h6-12,23H,1-5H3;5-8,17H,1-4H3;4*1H4;1H/p-1/b9-8+;6-5+;;;;;. The van der Waals surface area contributed by atoms with Crippen LogP contribution in [0.15, 0.2) is 59.2 Å². The summed E-state index contributed by atoms with van der Waals surface area (Å²) in [5.74, 6) is -0.345. The number of methoxy groups -OCH3 is 3. The van der Waals surface area contributed by atoms with Crippen LogP contribution in [0.4, 0.5) is 0 Å². The van der Waals surface area contributed by atoms with Crippen LogP contribution >= 0.6 is 15.9 Å². The van der Waals surface area contributed by atoms with Gasteiger partial charge in [0.1, 0.15) is 11.5 Å². The number of hydrogen-bond acceptors (Lipinski definition) is 8. The number of ether oxygens (including phenoxy) is 3. The molecule has 1 aromatic heterocycles. The number of carbonyl (C=O) groups is 2. The highest BCUT2D eigenvalue weighted by Crippen LogP contribution is 2.40. The van der Waals surface area contributed by atoms with E-state index in [2.05, 4.69) is 71.9 Å². The number of pyridine rings is 1. The number of phenols is 2. The summed E-state index contributed by atoms with van der Waals surface area (Å²) in [6.45, 7) is 12.5. The van der Waals surface area contributed by atoms with Crippen molar-refractivity contribution in [1.82, 2.24) is 4.98 Å². The zero-order valence-electron chi connectivity index (χ0n) is 26.5. The third kappa shape index (κ3) is 14.4. The molecule has 0 bridgehead atoms. The Kier molecular flexibility index (Phi) is 23.9. The third-order valence-electron chi connectivity index (χ3n) is 6.42. The van der Waals surface area contributed by atoms with Crippen LogP contribution in [0.1, 0.15) is 93.5 Å². The highest BCUT2D eigenvalue weighted by molar-refractivity contribution is 9.10. The van der Waals surface area contributed by atoms with Gasteiger partial charge in [0.15, 0.2) is 0 Å². The molecule has 8 nitrogen and oxygen atoms in total. The van der Waals surface area contributed by atoms with E-state index >= 15 is 0 Å². The summed E-state index contributed by atoms with van der Waals surface area (Å²) >= 11 is 3.31. The number of aromatic hydroxyl groups is 2. The molecular formula is C38H56BrINO7-. The number of hydrogen-bond donors (Lipinski definition) is 2. The van der Waals surface area contributed by atoms with E-state index in [1.165, 1.54) is 33.5 Å². The number of halogens is 2. The number of benzene rings is 2. The quantitative estimate of drug-likeness (QED) is 0.153. The molecule has 2 N–H and O–H groups in total. The number of rotatable bonds is 6. The Morgan fingerprint density at radius 3 is 1.58 bits per heavy atom. The van der Waals surface area contributed by atoms with Crippen molar-refractivity contribution < 1.29 is 58.0 Å². The molecule has 270 valence electrons. The lowest BCUT2D eigenvalue weighted by atomic mass is 9.83. The predicted molar refractivity (Wildman–Crippen MR) is 200 cm³/mol. The van der Waals surface area contributed by atoms with E-state index in [0.29, 0.717) is 32.6 Å². The summed E-state index contributed by atoms with van der Waals surface area (Å²) in [4.78, 5) is 26.7. The lowest BCUT2D eigenvalue weighted by Gasteiger charge is -2.22. The van der Waals surface area contributed by atoms with Gasteiger partial charge in [-0.1, -0.05) is 71.2 Å². The largest absolute Gasteiger partial charge is 1.00 e. The maximum absolute atomic E-state index is 11.4. The molecule has 0 aliphatic rings. The molecule has 3 rings (SSSR count). The Morgan fingerprint density at radius 2 is 1.17 bits per heavy atom. The second-order valence-corrected chi connectivity index (χ2v) is 12.5. The van der Waals surface area contributed by atoms with Crippen LogP contribution in [-0.4, -0.2) is 48.5 Å². The van der Waals surface area contributed by atoms with Crippen molar-refractivity contribution in [1.29, 1.82) is 0 Å². The Labute approximate surface area is 314 Å². The van der Waals surface area contributed by atoms with Crippen molar-refractivity contribution in [2.45, 2.75) is 82.1 Å².